The summed E-state index contributed by atoms with van der Waals surface area (Å²) in [7, 11) is 0. The molecule has 90 valence electrons. The summed E-state index contributed by atoms with van der Waals surface area (Å²) in [6.45, 7) is 4.70. The maximum atomic E-state index is 11.1. The quantitative estimate of drug-likeness (QED) is 0.877. The smallest absolute Gasteiger partial charge is 0.312 e. The van der Waals surface area contributed by atoms with Crippen LogP contribution in [0.2, 0.25) is 0 Å². The molecule has 0 aliphatic heterocycles. The monoisotopic (exact) mass is 231 g/mol. The molecular formula is C14H17NO2. The zero-order chi connectivity index (χ0) is 12.4. The number of hydrogen-bond acceptors (Lipinski definition) is 1. The van der Waals surface area contributed by atoms with Crippen LogP contribution in [0.5, 0.6) is 0 Å². The van der Waals surface area contributed by atoms with E-state index in [4.69, 9.17) is 5.11 Å². The van der Waals surface area contributed by atoms with Gasteiger partial charge in [-0.25, -0.2) is 0 Å². The molecule has 1 unspecified atom stereocenters. The maximum absolute atomic E-state index is 11.1. The van der Waals surface area contributed by atoms with Crippen molar-refractivity contribution in [3.63, 3.8) is 0 Å². The van der Waals surface area contributed by atoms with Gasteiger partial charge in [0.1, 0.15) is 0 Å². The van der Waals surface area contributed by atoms with Gasteiger partial charge in [-0.3, -0.25) is 4.79 Å². The van der Waals surface area contributed by atoms with Crippen LogP contribution in [-0.2, 0) is 11.3 Å². The number of carboxylic acid groups (broad SMARTS) is 1. The van der Waals surface area contributed by atoms with Crippen molar-refractivity contribution in [1.29, 1.82) is 0 Å². The van der Waals surface area contributed by atoms with Crippen molar-refractivity contribution in [3.8, 4) is 0 Å². The molecule has 0 bridgehead atoms. The highest BCUT2D eigenvalue weighted by molar-refractivity contribution is 5.84. The molecule has 0 aliphatic carbocycles. The summed E-state index contributed by atoms with van der Waals surface area (Å²) in [5, 5.41) is 10.3. The van der Waals surface area contributed by atoms with E-state index in [2.05, 4.69) is 11.5 Å². The van der Waals surface area contributed by atoms with Gasteiger partial charge in [-0.15, -0.1) is 0 Å². The topological polar surface area (TPSA) is 42.2 Å². The van der Waals surface area contributed by atoms with E-state index >= 15 is 0 Å². The van der Waals surface area contributed by atoms with Crippen LogP contribution in [0.1, 0.15) is 31.9 Å². The first-order chi connectivity index (χ1) is 8.15. The van der Waals surface area contributed by atoms with E-state index in [0.29, 0.717) is 0 Å². The molecule has 1 heterocycles. The van der Waals surface area contributed by atoms with E-state index < -0.39 is 11.9 Å². The van der Waals surface area contributed by atoms with Crippen molar-refractivity contribution in [3.05, 3.63) is 36.0 Å². The Hall–Kier alpha value is -1.77. The number of nitrogens with zero attached hydrogens (tertiary/aromatic N) is 1. The molecule has 1 aromatic heterocycles. The molecule has 3 nitrogen and oxygen atoms in total. The number of aromatic nitrogens is 1. The normalized spacial score (nSPS) is 12.8. The van der Waals surface area contributed by atoms with E-state index in [1.54, 1.807) is 6.92 Å². The Morgan fingerprint density at radius 2 is 2.12 bits per heavy atom. The first-order valence-corrected chi connectivity index (χ1v) is 5.96. The van der Waals surface area contributed by atoms with E-state index in [1.807, 2.05) is 30.3 Å². The SMILES string of the molecule is CCCn1c(C(C)C(=O)O)cc2ccccc21. The summed E-state index contributed by atoms with van der Waals surface area (Å²) in [6, 6.07) is 10.0. The third-order valence-corrected chi connectivity index (χ3v) is 3.10. The summed E-state index contributed by atoms with van der Waals surface area (Å²) in [4.78, 5) is 11.1. The molecule has 0 fully saturated rings. The van der Waals surface area contributed by atoms with Gasteiger partial charge in [-0.1, -0.05) is 25.1 Å². The first-order valence-electron chi connectivity index (χ1n) is 5.96. The van der Waals surface area contributed by atoms with Crippen molar-refractivity contribution in [1.82, 2.24) is 4.57 Å². The minimum atomic E-state index is -0.773. The Morgan fingerprint density at radius 3 is 2.76 bits per heavy atom. The fourth-order valence-corrected chi connectivity index (χ4v) is 2.19. The average molecular weight is 231 g/mol. The molecule has 0 saturated heterocycles. The Kier molecular flexibility index (Phi) is 3.18. The van der Waals surface area contributed by atoms with Gasteiger partial charge >= 0.3 is 5.97 Å². The molecule has 2 aromatic rings. The lowest BCUT2D eigenvalue weighted by molar-refractivity contribution is -0.138. The average Bonchev–Trinajstić information content (AvgIpc) is 2.68. The molecule has 0 saturated carbocycles. The molecule has 1 aromatic carbocycles. The summed E-state index contributed by atoms with van der Waals surface area (Å²) >= 11 is 0. The number of hydrogen-bond donors (Lipinski definition) is 1. The van der Waals surface area contributed by atoms with E-state index in [0.717, 1.165) is 29.6 Å². The second-order valence-electron chi connectivity index (χ2n) is 4.34. The Morgan fingerprint density at radius 1 is 1.41 bits per heavy atom. The number of rotatable bonds is 4. The van der Waals surface area contributed by atoms with Crippen LogP contribution in [0.4, 0.5) is 0 Å². The Labute approximate surface area is 101 Å². The second-order valence-corrected chi connectivity index (χ2v) is 4.34. The third kappa shape index (κ3) is 2.05. The summed E-state index contributed by atoms with van der Waals surface area (Å²) in [5.74, 6) is -1.24. The van der Waals surface area contributed by atoms with Crippen molar-refractivity contribution >= 4 is 16.9 Å². The van der Waals surface area contributed by atoms with E-state index in [1.165, 1.54) is 0 Å². The van der Waals surface area contributed by atoms with Gasteiger partial charge in [-0.2, -0.15) is 0 Å². The highest BCUT2D eigenvalue weighted by Crippen LogP contribution is 2.26. The molecule has 1 atom stereocenters. The maximum Gasteiger partial charge on any atom is 0.312 e. The highest BCUT2D eigenvalue weighted by Gasteiger charge is 2.19. The number of para-hydroxylation sites is 1. The highest BCUT2D eigenvalue weighted by atomic mass is 16.4. The summed E-state index contributed by atoms with van der Waals surface area (Å²) in [5.41, 5.74) is 2.01. The van der Waals surface area contributed by atoms with Crippen LogP contribution in [0, 0.1) is 0 Å². The number of fused-ring (bicyclic) bond motifs is 1. The molecule has 0 aliphatic rings. The fraction of sp³-hybridized carbons (Fsp3) is 0.357. The van der Waals surface area contributed by atoms with Crippen molar-refractivity contribution in [2.24, 2.45) is 0 Å². The largest absolute Gasteiger partial charge is 0.481 e. The zero-order valence-electron chi connectivity index (χ0n) is 10.2. The number of aryl methyl sites for hydroxylation is 1. The molecule has 1 N–H and O–H groups in total. The van der Waals surface area contributed by atoms with Crippen LogP contribution in [0.25, 0.3) is 10.9 Å². The molecule has 3 heteroatoms. The minimum Gasteiger partial charge on any atom is -0.481 e. The molecule has 0 spiro atoms. The minimum absolute atomic E-state index is 0.464. The van der Waals surface area contributed by atoms with Crippen molar-refractivity contribution < 1.29 is 9.90 Å². The van der Waals surface area contributed by atoms with Crippen LogP contribution in [-0.4, -0.2) is 15.6 Å². The lowest BCUT2D eigenvalue weighted by atomic mass is 10.1. The molecule has 17 heavy (non-hydrogen) atoms. The Balaban J connectivity index is 2.61. The van der Waals surface area contributed by atoms with Gasteiger partial charge in [0.05, 0.1) is 5.92 Å². The lowest BCUT2D eigenvalue weighted by Gasteiger charge is -2.12. The third-order valence-electron chi connectivity index (χ3n) is 3.10. The number of carboxylic acids is 1. The lowest BCUT2D eigenvalue weighted by Crippen LogP contribution is -2.13. The first kappa shape index (κ1) is 11.7. The standard InChI is InChI=1S/C14H17NO2/c1-3-8-15-12-7-5-4-6-11(12)9-13(15)10(2)14(16)17/h4-7,9-10H,3,8H2,1-2H3,(H,16,17). The van der Waals surface area contributed by atoms with Crippen LogP contribution in [0.15, 0.2) is 30.3 Å². The van der Waals surface area contributed by atoms with Crippen LogP contribution in [0.3, 0.4) is 0 Å². The molecule has 0 radical (unpaired) electrons. The number of aliphatic carboxylic acids is 1. The van der Waals surface area contributed by atoms with Gasteiger partial charge in [0, 0.05) is 17.8 Å². The van der Waals surface area contributed by atoms with Gasteiger partial charge in [0.15, 0.2) is 0 Å². The van der Waals surface area contributed by atoms with Gasteiger partial charge < -0.3 is 9.67 Å². The summed E-state index contributed by atoms with van der Waals surface area (Å²) in [6.07, 6.45) is 0.998. The van der Waals surface area contributed by atoms with Gasteiger partial charge in [-0.05, 0) is 30.9 Å². The predicted molar refractivity (Wildman–Crippen MR) is 68.3 cm³/mol. The van der Waals surface area contributed by atoms with Crippen LogP contribution < -0.4 is 0 Å². The second kappa shape index (κ2) is 4.62. The van der Waals surface area contributed by atoms with E-state index in [-0.39, 0.29) is 0 Å². The molecule has 2 rings (SSSR count). The van der Waals surface area contributed by atoms with E-state index in [9.17, 15) is 4.79 Å². The Bertz CT molecular complexity index is 542. The van der Waals surface area contributed by atoms with Crippen molar-refractivity contribution in [2.75, 3.05) is 0 Å². The van der Waals surface area contributed by atoms with Gasteiger partial charge in [0.25, 0.3) is 0 Å². The number of carbonyl (C=O) groups is 1. The van der Waals surface area contributed by atoms with Crippen molar-refractivity contribution in [2.45, 2.75) is 32.7 Å². The zero-order valence-corrected chi connectivity index (χ0v) is 10.2. The fourth-order valence-electron chi connectivity index (χ4n) is 2.19. The van der Waals surface area contributed by atoms with Crippen LogP contribution >= 0.6 is 0 Å². The number of benzene rings is 1. The molecular weight excluding hydrogens is 214 g/mol. The van der Waals surface area contributed by atoms with Gasteiger partial charge in [0.2, 0.25) is 0 Å². The predicted octanol–water partition coefficient (Wildman–Crippen LogP) is 3.24. The molecule has 0 amide bonds. The summed E-state index contributed by atoms with van der Waals surface area (Å²) < 4.78 is 2.12.